The molecule has 5 heteroatoms. The molecule has 0 saturated carbocycles. The first-order valence-electron chi connectivity index (χ1n) is 6.72. The van der Waals surface area contributed by atoms with Crippen molar-refractivity contribution in [2.24, 2.45) is 0 Å². The summed E-state index contributed by atoms with van der Waals surface area (Å²) in [6, 6.07) is 8.34. The van der Waals surface area contributed by atoms with Gasteiger partial charge < -0.3 is 9.30 Å². The van der Waals surface area contributed by atoms with Crippen LogP contribution in [0.1, 0.15) is 5.56 Å². The molecule has 21 heavy (non-hydrogen) atoms. The summed E-state index contributed by atoms with van der Waals surface area (Å²) in [6.07, 6.45) is 2.30. The van der Waals surface area contributed by atoms with Crippen LogP contribution < -0.4 is 10.3 Å². The standard InChI is InChI=1S/C16H12FNO2S/c17-11-1-2-14-10(7-11)8-12(20-14)9-18-5-3-15-13(16(18)19)4-6-21-15/h1-7,12H,8-9H2. The highest BCUT2D eigenvalue weighted by molar-refractivity contribution is 7.17. The van der Waals surface area contributed by atoms with Crippen LogP contribution in [0.15, 0.2) is 46.7 Å². The number of thiophene rings is 1. The predicted molar refractivity (Wildman–Crippen MR) is 80.6 cm³/mol. The molecule has 0 N–H and O–H groups in total. The van der Waals surface area contributed by atoms with Gasteiger partial charge in [-0.05, 0) is 35.7 Å². The molecular weight excluding hydrogens is 289 g/mol. The number of benzene rings is 1. The average Bonchev–Trinajstić information content (AvgIpc) is 3.07. The molecule has 106 valence electrons. The van der Waals surface area contributed by atoms with Crippen LogP contribution in [-0.2, 0) is 13.0 Å². The fourth-order valence-corrected chi connectivity index (χ4v) is 3.53. The van der Waals surface area contributed by atoms with Crippen LogP contribution in [0.4, 0.5) is 4.39 Å². The van der Waals surface area contributed by atoms with Gasteiger partial charge in [-0.1, -0.05) is 0 Å². The number of hydrogen-bond acceptors (Lipinski definition) is 3. The number of halogens is 1. The minimum atomic E-state index is -0.255. The third-order valence-corrected chi connectivity index (χ3v) is 4.64. The molecule has 3 heterocycles. The third kappa shape index (κ3) is 2.14. The van der Waals surface area contributed by atoms with Crippen LogP contribution in [0.5, 0.6) is 5.75 Å². The Morgan fingerprint density at radius 2 is 2.24 bits per heavy atom. The topological polar surface area (TPSA) is 31.2 Å². The Morgan fingerprint density at radius 1 is 1.33 bits per heavy atom. The highest BCUT2D eigenvalue weighted by atomic mass is 32.1. The number of hydrogen-bond donors (Lipinski definition) is 0. The van der Waals surface area contributed by atoms with Crippen LogP contribution in [0, 0.1) is 5.82 Å². The fraction of sp³-hybridized carbons (Fsp3) is 0.188. The Hall–Kier alpha value is -2.14. The van der Waals surface area contributed by atoms with E-state index in [0.29, 0.717) is 18.7 Å². The molecule has 3 nitrogen and oxygen atoms in total. The summed E-state index contributed by atoms with van der Waals surface area (Å²) in [5, 5.41) is 2.66. The normalized spacial score (nSPS) is 16.9. The van der Waals surface area contributed by atoms with Crippen molar-refractivity contribution in [2.75, 3.05) is 0 Å². The van der Waals surface area contributed by atoms with E-state index in [1.807, 2.05) is 17.5 Å². The summed E-state index contributed by atoms with van der Waals surface area (Å²) in [5.74, 6) is 0.459. The van der Waals surface area contributed by atoms with Crippen LogP contribution in [-0.4, -0.2) is 10.7 Å². The zero-order chi connectivity index (χ0) is 14.4. The van der Waals surface area contributed by atoms with Gasteiger partial charge in [-0.2, -0.15) is 0 Å². The molecule has 0 radical (unpaired) electrons. The summed E-state index contributed by atoms with van der Waals surface area (Å²) in [7, 11) is 0. The molecule has 2 aromatic heterocycles. The van der Waals surface area contributed by atoms with E-state index < -0.39 is 0 Å². The summed E-state index contributed by atoms with van der Waals surface area (Å²) >= 11 is 1.56. The zero-order valence-corrected chi connectivity index (χ0v) is 11.9. The Bertz CT molecular complexity index is 883. The van der Waals surface area contributed by atoms with Gasteiger partial charge >= 0.3 is 0 Å². The Morgan fingerprint density at radius 3 is 3.14 bits per heavy atom. The lowest BCUT2D eigenvalue weighted by Crippen LogP contribution is -2.28. The van der Waals surface area contributed by atoms with E-state index in [1.54, 1.807) is 28.2 Å². The smallest absolute Gasteiger partial charge is 0.259 e. The van der Waals surface area contributed by atoms with Gasteiger partial charge in [0.1, 0.15) is 17.7 Å². The van der Waals surface area contributed by atoms with Gasteiger partial charge in [-0.15, -0.1) is 11.3 Å². The zero-order valence-electron chi connectivity index (χ0n) is 11.1. The van der Waals surface area contributed by atoms with Gasteiger partial charge in [-0.25, -0.2) is 4.39 Å². The van der Waals surface area contributed by atoms with E-state index >= 15 is 0 Å². The lowest BCUT2D eigenvalue weighted by Gasteiger charge is -2.12. The Balaban J connectivity index is 1.62. The maximum absolute atomic E-state index is 13.2. The molecule has 4 rings (SSSR count). The predicted octanol–water partition coefficient (Wildman–Crippen LogP) is 3.21. The first kappa shape index (κ1) is 12.6. The van der Waals surface area contributed by atoms with Crippen molar-refractivity contribution in [3.8, 4) is 5.75 Å². The molecule has 1 aliphatic heterocycles. The minimum absolute atomic E-state index is 0.000475. The Kier molecular flexibility index (Phi) is 2.82. The monoisotopic (exact) mass is 301 g/mol. The van der Waals surface area contributed by atoms with E-state index in [2.05, 4.69) is 0 Å². The van der Waals surface area contributed by atoms with Crippen molar-refractivity contribution < 1.29 is 9.13 Å². The van der Waals surface area contributed by atoms with Gasteiger partial charge in [0, 0.05) is 22.9 Å². The number of fused-ring (bicyclic) bond motifs is 2. The molecule has 1 unspecified atom stereocenters. The van der Waals surface area contributed by atoms with Crippen molar-refractivity contribution in [1.29, 1.82) is 0 Å². The molecule has 0 spiro atoms. The molecule has 3 aromatic rings. The van der Waals surface area contributed by atoms with Gasteiger partial charge in [0.05, 0.1) is 11.9 Å². The molecule has 0 amide bonds. The van der Waals surface area contributed by atoms with Crippen LogP contribution in [0.3, 0.4) is 0 Å². The SMILES string of the molecule is O=c1c2ccsc2ccn1CC1Cc2cc(F)ccc2O1. The molecule has 0 fully saturated rings. The molecular formula is C16H12FNO2S. The number of pyridine rings is 1. The lowest BCUT2D eigenvalue weighted by atomic mass is 10.1. The van der Waals surface area contributed by atoms with Gasteiger partial charge in [-0.3, -0.25) is 4.79 Å². The largest absolute Gasteiger partial charge is 0.488 e. The minimum Gasteiger partial charge on any atom is -0.488 e. The van der Waals surface area contributed by atoms with E-state index in [0.717, 1.165) is 15.6 Å². The summed E-state index contributed by atoms with van der Waals surface area (Å²) in [4.78, 5) is 12.4. The highest BCUT2D eigenvalue weighted by Crippen LogP contribution is 2.29. The molecule has 0 bridgehead atoms. The van der Waals surface area contributed by atoms with Gasteiger partial charge in [0.25, 0.3) is 5.56 Å². The van der Waals surface area contributed by atoms with Crippen molar-refractivity contribution in [1.82, 2.24) is 4.57 Å². The maximum Gasteiger partial charge on any atom is 0.259 e. The van der Waals surface area contributed by atoms with Crippen molar-refractivity contribution in [3.05, 3.63) is 63.6 Å². The van der Waals surface area contributed by atoms with E-state index in [-0.39, 0.29) is 17.5 Å². The second-order valence-corrected chi connectivity index (χ2v) is 6.12. The second-order valence-electron chi connectivity index (χ2n) is 5.17. The first-order chi connectivity index (χ1) is 10.2. The van der Waals surface area contributed by atoms with Gasteiger partial charge in [0.2, 0.25) is 0 Å². The molecule has 1 aliphatic rings. The summed E-state index contributed by atoms with van der Waals surface area (Å²) in [5.41, 5.74) is 0.865. The quantitative estimate of drug-likeness (QED) is 0.728. The van der Waals surface area contributed by atoms with Crippen molar-refractivity contribution in [2.45, 2.75) is 19.1 Å². The second kappa shape index (κ2) is 4.70. The van der Waals surface area contributed by atoms with E-state index in [9.17, 15) is 9.18 Å². The summed E-state index contributed by atoms with van der Waals surface area (Å²) in [6.45, 7) is 0.473. The van der Waals surface area contributed by atoms with Crippen LogP contribution in [0.25, 0.3) is 10.1 Å². The van der Waals surface area contributed by atoms with Gasteiger partial charge in [0.15, 0.2) is 0 Å². The van der Waals surface area contributed by atoms with Crippen LogP contribution >= 0.6 is 11.3 Å². The van der Waals surface area contributed by atoms with Crippen LogP contribution in [0.2, 0.25) is 0 Å². The highest BCUT2D eigenvalue weighted by Gasteiger charge is 2.24. The fourth-order valence-electron chi connectivity index (χ4n) is 2.76. The van der Waals surface area contributed by atoms with E-state index in [4.69, 9.17) is 4.74 Å². The molecule has 0 saturated heterocycles. The summed E-state index contributed by atoms with van der Waals surface area (Å²) < 4.78 is 21.7. The van der Waals surface area contributed by atoms with E-state index in [1.165, 1.54) is 12.1 Å². The molecule has 1 atom stereocenters. The molecule has 1 aromatic carbocycles. The Labute approximate surface area is 124 Å². The first-order valence-corrected chi connectivity index (χ1v) is 7.60. The molecule has 0 aliphatic carbocycles. The van der Waals surface area contributed by atoms with Crippen molar-refractivity contribution in [3.63, 3.8) is 0 Å². The number of aromatic nitrogens is 1. The maximum atomic E-state index is 13.2. The number of nitrogens with zero attached hydrogens (tertiary/aromatic N) is 1. The van der Waals surface area contributed by atoms with Crippen molar-refractivity contribution >= 4 is 21.4 Å². The average molecular weight is 301 g/mol. The third-order valence-electron chi connectivity index (χ3n) is 3.76. The lowest BCUT2D eigenvalue weighted by molar-refractivity contribution is 0.208. The number of ether oxygens (including phenoxy) is 1. The number of rotatable bonds is 2.